The zero-order chi connectivity index (χ0) is 20.0. The summed E-state index contributed by atoms with van der Waals surface area (Å²) in [6.07, 6.45) is 0.818. The maximum Gasteiger partial charge on any atom is 0.391 e. The van der Waals surface area contributed by atoms with Crippen molar-refractivity contribution in [3.63, 3.8) is 0 Å². The Balaban J connectivity index is 2.98. The van der Waals surface area contributed by atoms with Gasteiger partial charge in [0.25, 0.3) is 0 Å². The van der Waals surface area contributed by atoms with Crippen LogP contribution in [0.2, 0.25) is 0 Å². The summed E-state index contributed by atoms with van der Waals surface area (Å²) < 4.78 is 65.6. The van der Waals surface area contributed by atoms with Gasteiger partial charge in [0.05, 0.1) is 5.92 Å². The minimum absolute atomic E-state index is 0.0366. The molecule has 0 bridgehead atoms. The average molecular weight is 402 g/mol. The topological polar surface area (TPSA) is 23.5 Å². The van der Waals surface area contributed by atoms with Crippen LogP contribution < -0.4 is 0 Å². The third-order valence-electron chi connectivity index (χ3n) is 4.61. The summed E-state index contributed by atoms with van der Waals surface area (Å²) in [5, 5.41) is 5.83. The van der Waals surface area contributed by atoms with Crippen LogP contribution in [0.4, 0.5) is 22.0 Å². The van der Waals surface area contributed by atoms with Gasteiger partial charge in [0.15, 0.2) is 0 Å². The molecule has 0 amide bonds. The van der Waals surface area contributed by atoms with Crippen molar-refractivity contribution in [3.8, 4) is 0 Å². The van der Waals surface area contributed by atoms with Gasteiger partial charge in [-0.3, -0.25) is 4.90 Å². The Kier molecular flexibility index (Phi) is 8.76. The number of aliphatic hydroxyl groups is 1. The molecule has 0 saturated heterocycles. The first-order valence-electron chi connectivity index (χ1n) is 8.48. The van der Waals surface area contributed by atoms with E-state index in [0.717, 1.165) is 5.57 Å². The molecular weight excluding hydrogens is 377 g/mol. The van der Waals surface area contributed by atoms with Crippen molar-refractivity contribution in [1.82, 2.24) is 4.90 Å². The highest BCUT2D eigenvalue weighted by molar-refractivity contribution is 6.22. The van der Waals surface area contributed by atoms with Crippen LogP contribution in [0, 0.1) is 5.92 Å². The standard InChI is InChI=1S/C18H25ClF5NO/c1-3-5-7-13(4-2)11-25(12-16(26)17(19,20)21)15-9-6-8-14(10-15)18(22,23)24/h3-5,7,14-16,26H,1,6,8-12H2,2H3/b7-5-,13-4+. The number of hydrogen-bond donors (Lipinski definition) is 1. The first-order chi connectivity index (χ1) is 12.0. The molecule has 2 nitrogen and oxygen atoms in total. The van der Waals surface area contributed by atoms with Gasteiger partial charge in [-0.15, -0.1) is 0 Å². The van der Waals surface area contributed by atoms with Gasteiger partial charge < -0.3 is 5.11 Å². The van der Waals surface area contributed by atoms with Gasteiger partial charge >= 0.3 is 11.6 Å². The van der Waals surface area contributed by atoms with Crippen molar-refractivity contribution < 1.29 is 27.1 Å². The van der Waals surface area contributed by atoms with Gasteiger partial charge in [0.2, 0.25) is 0 Å². The van der Waals surface area contributed by atoms with Gasteiger partial charge in [-0.2, -0.15) is 22.0 Å². The number of halogens is 6. The summed E-state index contributed by atoms with van der Waals surface area (Å²) in [5.41, 5.74) is 0.726. The van der Waals surface area contributed by atoms with Crippen LogP contribution in [0.25, 0.3) is 0 Å². The van der Waals surface area contributed by atoms with Crippen molar-refractivity contribution in [2.24, 2.45) is 5.92 Å². The molecule has 8 heteroatoms. The molecular formula is C18H25ClF5NO. The lowest BCUT2D eigenvalue weighted by Crippen LogP contribution is -2.48. The number of rotatable bonds is 8. The second-order valence-electron chi connectivity index (χ2n) is 6.50. The fraction of sp³-hybridized carbons (Fsp3) is 0.667. The molecule has 1 aliphatic carbocycles. The Morgan fingerprint density at radius 3 is 2.46 bits per heavy atom. The van der Waals surface area contributed by atoms with E-state index < -0.39 is 36.2 Å². The molecule has 3 unspecified atom stereocenters. The van der Waals surface area contributed by atoms with Crippen LogP contribution in [-0.4, -0.2) is 46.8 Å². The van der Waals surface area contributed by atoms with E-state index in [2.05, 4.69) is 6.58 Å². The third kappa shape index (κ3) is 7.37. The second kappa shape index (κ2) is 9.85. The first-order valence-corrected chi connectivity index (χ1v) is 8.86. The zero-order valence-electron chi connectivity index (χ0n) is 14.7. The number of hydrogen-bond acceptors (Lipinski definition) is 2. The number of nitrogens with zero attached hydrogens (tertiary/aromatic N) is 1. The summed E-state index contributed by atoms with van der Waals surface area (Å²) in [7, 11) is 0. The SMILES string of the molecule is C=C/C=C\C(=C/C)CN(CC(O)C(F)(F)Cl)C1CCCC(C(F)(F)F)C1. The van der Waals surface area contributed by atoms with Gasteiger partial charge in [-0.05, 0) is 43.4 Å². The number of aliphatic hydroxyl groups excluding tert-OH is 1. The van der Waals surface area contributed by atoms with E-state index in [4.69, 9.17) is 11.6 Å². The lowest BCUT2D eigenvalue weighted by atomic mass is 9.84. The lowest BCUT2D eigenvalue weighted by Gasteiger charge is -2.39. The highest BCUT2D eigenvalue weighted by atomic mass is 35.5. The van der Waals surface area contributed by atoms with Gasteiger partial charge in [-0.1, -0.05) is 37.3 Å². The molecule has 0 radical (unpaired) electrons. The monoisotopic (exact) mass is 401 g/mol. The zero-order valence-corrected chi connectivity index (χ0v) is 15.4. The molecule has 150 valence electrons. The molecule has 0 aromatic carbocycles. The van der Waals surface area contributed by atoms with Crippen LogP contribution in [0.1, 0.15) is 32.6 Å². The summed E-state index contributed by atoms with van der Waals surface area (Å²) in [5.74, 6) is -1.46. The summed E-state index contributed by atoms with van der Waals surface area (Å²) >= 11 is 4.89. The van der Waals surface area contributed by atoms with E-state index in [9.17, 15) is 27.1 Å². The fourth-order valence-electron chi connectivity index (χ4n) is 3.13. The maximum absolute atomic E-state index is 13.2. The normalized spacial score (nSPS) is 24.3. The molecule has 3 atom stereocenters. The summed E-state index contributed by atoms with van der Waals surface area (Å²) in [6, 6.07) is -0.559. The van der Waals surface area contributed by atoms with E-state index in [1.165, 1.54) is 11.0 Å². The van der Waals surface area contributed by atoms with Crippen LogP contribution >= 0.6 is 11.6 Å². The summed E-state index contributed by atoms with van der Waals surface area (Å²) in [6.45, 7) is 4.92. The van der Waals surface area contributed by atoms with E-state index in [0.29, 0.717) is 12.8 Å². The van der Waals surface area contributed by atoms with E-state index in [1.54, 1.807) is 25.2 Å². The molecule has 0 spiro atoms. The Bertz CT molecular complexity index is 513. The molecule has 0 aromatic rings. The Morgan fingerprint density at radius 2 is 1.96 bits per heavy atom. The minimum atomic E-state index is -4.31. The van der Waals surface area contributed by atoms with Crippen molar-refractivity contribution in [2.75, 3.05) is 13.1 Å². The van der Waals surface area contributed by atoms with E-state index in [-0.39, 0.29) is 19.4 Å². The lowest BCUT2D eigenvalue weighted by molar-refractivity contribution is -0.187. The summed E-state index contributed by atoms with van der Waals surface area (Å²) in [4.78, 5) is 1.47. The van der Waals surface area contributed by atoms with E-state index in [1.807, 2.05) is 0 Å². The molecule has 1 N–H and O–H groups in total. The molecule has 1 saturated carbocycles. The highest BCUT2D eigenvalue weighted by Crippen LogP contribution is 2.39. The highest BCUT2D eigenvalue weighted by Gasteiger charge is 2.44. The molecule has 0 aromatic heterocycles. The van der Waals surface area contributed by atoms with E-state index >= 15 is 0 Å². The Morgan fingerprint density at radius 1 is 1.31 bits per heavy atom. The quantitative estimate of drug-likeness (QED) is 0.339. The Hall–Kier alpha value is -0.920. The van der Waals surface area contributed by atoms with Crippen LogP contribution in [0.3, 0.4) is 0 Å². The fourth-order valence-corrected chi connectivity index (χ4v) is 3.20. The van der Waals surface area contributed by atoms with Crippen LogP contribution in [-0.2, 0) is 0 Å². The van der Waals surface area contributed by atoms with Gasteiger partial charge in [0, 0.05) is 19.1 Å². The van der Waals surface area contributed by atoms with Crippen molar-refractivity contribution >= 4 is 11.6 Å². The predicted molar refractivity (Wildman–Crippen MR) is 93.3 cm³/mol. The average Bonchev–Trinajstić information content (AvgIpc) is 2.55. The van der Waals surface area contributed by atoms with Crippen LogP contribution in [0.15, 0.2) is 36.5 Å². The molecule has 1 fully saturated rings. The molecule has 0 heterocycles. The van der Waals surface area contributed by atoms with Crippen molar-refractivity contribution in [2.45, 2.75) is 56.3 Å². The smallest absolute Gasteiger partial charge is 0.384 e. The molecule has 0 aliphatic heterocycles. The third-order valence-corrected chi connectivity index (χ3v) is 4.87. The predicted octanol–water partition coefficient (Wildman–Crippen LogP) is 5.29. The van der Waals surface area contributed by atoms with Crippen molar-refractivity contribution in [3.05, 3.63) is 36.5 Å². The van der Waals surface area contributed by atoms with Gasteiger partial charge in [-0.25, -0.2) is 0 Å². The Labute approximate surface area is 156 Å². The largest absolute Gasteiger partial charge is 0.391 e. The molecule has 1 rings (SSSR count). The maximum atomic E-state index is 13.2. The van der Waals surface area contributed by atoms with Crippen LogP contribution in [0.5, 0.6) is 0 Å². The number of allylic oxidation sites excluding steroid dienone is 3. The number of alkyl halides is 6. The molecule has 26 heavy (non-hydrogen) atoms. The van der Waals surface area contributed by atoms with Crippen molar-refractivity contribution in [1.29, 1.82) is 0 Å². The van der Waals surface area contributed by atoms with Gasteiger partial charge in [0.1, 0.15) is 6.10 Å². The first kappa shape index (κ1) is 23.1. The molecule has 1 aliphatic rings. The minimum Gasteiger partial charge on any atom is -0.384 e. The second-order valence-corrected chi connectivity index (χ2v) is 7.01.